The molecule has 0 spiro atoms. The molecule has 0 aliphatic rings. The summed E-state index contributed by atoms with van der Waals surface area (Å²) in [6.45, 7) is 2.00. The van der Waals surface area contributed by atoms with Gasteiger partial charge in [0.15, 0.2) is 0 Å². The van der Waals surface area contributed by atoms with Gasteiger partial charge in [0.25, 0.3) is 0 Å². The lowest BCUT2D eigenvalue weighted by Gasteiger charge is -2.04. The Bertz CT molecular complexity index is 680. The lowest BCUT2D eigenvalue weighted by atomic mass is 10.2. The molecule has 0 saturated carbocycles. The minimum Gasteiger partial charge on any atom is -0.497 e. The van der Waals surface area contributed by atoms with Crippen LogP contribution >= 0.6 is 15.9 Å². The largest absolute Gasteiger partial charge is 0.497 e. The Morgan fingerprint density at radius 1 is 1.24 bits per heavy atom. The minimum absolute atomic E-state index is 0.173. The molecule has 0 radical (unpaired) electrons. The molecule has 3 nitrogen and oxygen atoms in total. The van der Waals surface area contributed by atoms with Gasteiger partial charge in [-0.25, -0.2) is 0 Å². The van der Waals surface area contributed by atoms with Crippen LogP contribution < -0.4 is 10.1 Å². The van der Waals surface area contributed by atoms with Gasteiger partial charge in [-0.3, -0.25) is 4.79 Å². The highest BCUT2D eigenvalue weighted by Crippen LogP contribution is 2.20. The van der Waals surface area contributed by atoms with Crippen molar-refractivity contribution in [1.82, 2.24) is 0 Å². The molecule has 21 heavy (non-hydrogen) atoms. The van der Waals surface area contributed by atoms with E-state index in [1.807, 2.05) is 49.4 Å². The van der Waals surface area contributed by atoms with Crippen molar-refractivity contribution in [3.05, 3.63) is 64.1 Å². The summed E-state index contributed by atoms with van der Waals surface area (Å²) in [5, 5.41) is 2.82. The molecule has 0 atom stereocenters. The summed E-state index contributed by atoms with van der Waals surface area (Å²) in [4.78, 5) is 11.9. The van der Waals surface area contributed by atoms with Crippen molar-refractivity contribution >= 4 is 33.6 Å². The average molecular weight is 346 g/mol. The first kappa shape index (κ1) is 15.3. The van der Waals surface area contributed by atoms with Gasteiger partial charge < -0.3 is 10.1 Å². The zero-order valence-corrected chi connectivity index (χ0v) is 13.5. The molecule has 0 aromatic heterocycles. The van der Waals surface area contributed by atoms with Gasteiger partial charge in [0.05, 0.1) is 7.11 Å². The van der Waals surface area contributed by atoms with Gasteiger partial charge in [0.1, 0.15) is 5.75 Å². The maximum atomic E-state index is 11.9. The van der Waals surface area contributed by atoms with Crippen LogP contribution in [0, 0.1) is 6.92 Å². The van der Waals surface area contributed by atoms with Gasteiger partial charge in [0, 0.05) is 16.2 Å². The fraction of sp³-hybridized carbons (Fsp3) is 0.118. The van der Waals surface area contributed by atoms with Crippen LogP contribution in [-0.4, -0.2) is 13.0 Å². The first-order valence-corrected chi connectivity index (χ1v) is 7.27. The maximum absolute atomic E-state index is 11.9. The molecule has 4 heteroatoms. The van der Waals surface area contributed by atoms with E-state index in [-0.39, 0.29) is 5.91 Å². The second kappa shape index (κ2) is 7.09. The van der Waals surface area contributed by atoms with E-state index < -0.39 is 0 Å². The highest BCUT2D eigenvalue weighted by molar-refractivity contribution is 9.10. The number of halogens is 1. The first-order valence-electron chi connectivity index (χ1n) is 6.48. The zero-order chi connectivity index (χ0) is 15.2. The summed E-state index contributed by atoms with van der Waals surface area (Å²) < 4.78 is 6.11. The topological polar surface area (TPSA) is 38.3 Å². The molecule has 2 aromatic carbocycles. The molecule has 2 rings (SSSR count). The number of hydrogen-bond donors (Lipinski definition) is 1. The van der Waals surface area contributed by atoms with Crippen LogP contribution in [-0.2, 0) is 4.79 Å². The van der Waals surface area contributed by atoms with Crippen molar-refractivity contribution < 1.29 is 9.53 Å². The minimum atomic E-state index is -0.173. The Morgan fingerprint density at radius 3 is 2.76 bits per heavy atom. The zero-order valence-electron chi connectivity index (χ0n) is 11.9. The van der Waals surface area contributed by atoms with Crippen molar-refractivity contribution in [2.75, 3.05) is 12.4 Å². The summed E-state index contributed by atoms with van der Waals surface area (Å²) in [6, 6.07) is 13.2. The SMILES string of the molecule is COc1cccc(/C=C/C(=O)Nc2ccc(C)c(Br)c2)c1. The third-order valence-electron chi connectivity index (χ3n) is 2.96. The Balaban J connectivity index is 2.03. The van der Waals surface area contributed by atoms with Crippen molar-refractivity contribution in [1.29, 1.82) is 0 Å². The second-order valence-electron chi connectivity index (χ2n) is 4.56. The van der Waals surface area contributed by atoms with E-state index in [0.717, 1.165) is 27.0 Å². The lowest BCUT2D eigenvalue weighted by molar-refractivity contribution is -0.111. The molecule has 108 valence electrons. The Kier molecular flexibility index (Phi) is 5.17. The second-order valence-corrected chi connectivity index (χ2v) is 5.42. The van der Waals surface area contributed by atoms with Gasteiger partial charge in [-0.2, -0.15) is 0 Å². The van der Waals surface area contributed by atoms with Crippen LogP contribution in [0.1, 0.15) is 11.1 Å². The smallest absolute Gasteiger partial charge is 0.248 e. The van der Waals surface area contributed by atoms with Crippen LogP contribution in [0.4, 0.5) is 5.69 Å². The van der Waals surface area contributed by atoms with Gasteiger partial charge in [0.2, 0.25) is 5.91 Å². The van der Waals surface area contributed by atoms with E-state index in [4.69, 9.17) is 4.74 Å². The van der Waals surface area contributed by atoms with Gasteiger partial charge in [-0.15, -0.1) is 0 Å². The average Bonchev–Trinajstić information content (AvgIpc) is 2.49. The molecule has 0 unspecified atom stereocenters. The van der Waals surface area contributed by atoms with E-state index in [1.54, 1.807) is 13.2 Å². The monoisotopic (exact) mass is 345 g/mol. The molecular weight excluding hydrogens is 330 g/mol. The van der Waals surface area contributed by atoms with E-state index >= 15 is 0 Å². The molecule has 0 bridgehead atoms. The molecule has 0 saturated heterocycles. The van der Waals surface area contributed by atoms with E-state index in [0.29, 0.717) is 0 Å². The third kappa shape index (κ3) is 4.46. The van der Waals surface area contributed by atoms with Gasteiger partial charge in [-0.1, -0.05) is 34.1 Å². The number of hydrogen-bond acceptors (Lipinski definition) is 2. The van der Waals surface area contributed by atoms with Crippen LogP contribution in [0.5, 0.6) is 5.75 Å². The molecule has 0 aliphatic carbocycles. The van der Waals surface area contributed by atoms with Crippen LogP contribution in [0.2, 0.25) is 0 Å². The summed E-state index contributed by atoms with van der Waals surface area (Å²) >= 11 is 3.44. The first-order chi connectivity index (χ1) is 10.1. The number of aryl methyl sites for hydroxylation is 1. The normalized spacial score (nSPS) is 10.6. The fourth-order valence-corrected chi connectivity index (χ4v) is 2.15. The number of nitrogens with one attached hydrogen (secondary N) is 1. The number of benzene rings is 2. The Morgan fingerprint density at radius 2 is 2.05 bits per heavy atom. The summed E-state index contributed by atoms with van der Waals surface area (Å²) in [7, 11) is 1.62. The predicted molar refractivity (Wildman–Crippen MR) is 89.5 cm³/mol. The number of ether oxygens (including phenoxy) is 1. The Hall–Kier alpha value is -2.07. The highest BCUT2D eigenvalue weighted by Gasteiger charge is 2.01. The fourth-order valence-electron chi connectivity index (χ4n) is 1.77. The molecule has 1 amide bonds. The van der Waals surface area contributed by atoms with Crippen molar-refractivity contribution in [3.8, 4) is 5.75 Å². The summed E-state index contributed by atoms with van der Waals surface area (Å²) in [5.41, 5.74) is 2.79. The van der Waals surface area contributed by atoms with Crippen LogP contribution in [0.15, 0.2) is 53.0 Å². The third-order valence-corrected chi connectivity index (χ3v) is 3.81. The van der Waals surface area contributed by atoms with Crippen molar-refractivity contribution in [2.45, 2.75) is 6.92 Å². The van der Waals surface area contributed by atoms with E-state index in [1.165, 1.54) is 6.08 Å². The standard InChI is InChI=1S/C17H16BrNO2/c1-12-6-8-14(11-16(12)18)19-17(20)9-7-13-4-3-5-15(10-13)21-2/h3-11H,1-2H3,(H,19,20)/b9-7+. The number of methoxy groups -OCH3 is 1. The molecule has 0 fully saturated rings. The van der Waals surface area contributed by atoms with Crippen LogP contribution in [0.25, 0.3) is 6.08 Å². The maximum Gasteiger partial charge on any atom is 0.248 e. The van der Waals surface area contributed by atoms with Crippen molar-refractivity contribution in [3.63, 3.8) is 0 Å². The lowest BCUT2D eigenvalue weighted by Crippen LogP contribution is -2.07. The number of anilines is 1. The van der Waals surface area contributed by atoms with Crippen molar-refractivity contribution in [2.24, 2.45) is 0 Å². The number of rotatable bonds is 4. The van der Waals surface area contributed by atoms with E-state index in [9.17, 15) is 4.79 Å². The summed E-state index contributed by atoms with van der Waals surface area (Å²) in [5.74, 6) is 0.591. The summed E-state index contributed by atoms with van der Waals surface area (Å²) in [6.07, 6.45) is 3.25. The Labute approximate surface area is 132 Å². The molecular formula is C17H16BrNO2. The molecule has 1 N–H and O–H groups in total. The quantitative estimate of drug-likeness (QED) is 0.833. The van der Waals surface area contributed by atoms with E-state index in [2.05, 4.69) is 21.2 Å². The number of carbonyl (C=O) groups is 1. The highest BCUT2D eigenvalue weighted by atomic mass is 79.9. The molecule has 2 aromatic rings. The van der Waals surface area contributed by atoms with Gasteiger partial charge in [-0.05, 0) is 48.4 Å². The molecule has 0 heterocycles. The number of carbonyl (C=O) groups excluding carboxylic acids is 1. The van der Waals surface area contributed by atoms with Gasteiger partial charge >= 0.3 is 0 Å². The molecule has 0 aliphatic heterocycles. The number of amides is 1. The van der Waals surface area contributed by atoms with Crippen LogP contribution in [0.3, 0.4) is 0 Å². The predicted octanol–water partition coefficient (Wildman–Crippen LogP) is 4.42.